The predicted octanol–water partition coefficient (Wildman–Crippen LogP) is 0.158. The highest BCUT2D eigenvalue weighted by molar-refractivity contribution is 5.95. The Morgan fingerprint density at radius 1 is 0.705 bits per heavy atom. The van der Waals surface area contributed by atoms with E-state index in [4.69, 9.17) is 5.73 Å². The lowest BCUT2D eigenvalue weighted by Crippen LogP contribution is -2.58. The Balaban J connectivity index is 1.41. The number of aliphatic hydroxyl groups is 1. The number of carboxylic acid groups (broad SMARTS) is 2. The molecule has 0 saturated heterocycles. The number of carbonyl (C=O) groups excluding carboxylic acids is 3. The number of rotatable bonds is 15. The van der Waals surface area contributed by atoms with Gasteiger partial charge in [-0.3, -0.25) is 19.2 Å². The summed E-state index contributed by atoms with van der Waals surface area (Å²) in [6.45, 7) is -0.844. The van der Waals surface area contributed by atoms with Crippen LogP contribution in [0.5, 0.6) is 0 Å². The Morgan fingerprint density at radius 2 is 1.20 bits per heavy atom. The highest BCUT2D eigenvalue weighted by atomic mass is 16.4. The number of amides is 3. The fourth-order valence-electron chi connectivity index (χ4n) is 4.90. The van der Waals surface area contributed by atoms with Crippen LogP contribution in [0, 0.1) is 0 Å². The molecule has 0 bridgehead atoms. The number of H-pyrrole nitrogens is 2. The summed E-state index contributed by atoms with van der Waals surface area (Å²) < 4.78 is 0. The summed E-state index contributed by atoms with van der Waals surface area (Å²) in [7, 11) is 0. The number of carboxylic acids is 2. The van der Waals surface area contributed by atoms with E-state index >= 15 is 0 Å². The molecule has 4 rings (SSSR count). The van der Waals surface area contributed by atoms with Crippen LogP contribution < -0.4 is 21.7 Å². The molecular formula is C30H34N6O8. The van der Waals surface area contributed by atoms with Gasteiger partial charge in [0.25, 0.3) is 0 Å². The number of nitrogens with two attached hydrogens (primary N) is 1. The summed E-state index contributed by atoms with van der Waals surface area (Å²) in [5, 5.41) is 37.5. The maximum atomic E-state index is 13.2. The maximum absolute atomic E-state index is 13.2. The molecule has 0 fully saturated rings. The minimum atomic E-state index is -1.52. The summed E-state index contributed by atoms with van der Waals surface area (Å²) in [6.07, 6.45) is 2.50. The number of aliphatic hydroxyl groups excluding tert-OH is 1. The van der Waals surface area contributed by atoms with E-state index in [-0.39, 0.29) is 19.3 Å². The molecule has 0 aliphatic heterocycles. The average Bonchev–Trinajstić information content (AvgIpc) is 3.61. The number of fused-ring (bicyclic) bond motifs is 2. The summed E-state index contributed by atoms with van der Waals surface area (Å²) >= 11 is 0. The van der Waals surface area contributed by atoms with Gasteiger partial charge in [0, 0.05) is 47.0 Å². The quantitative estimate of drug-likeness (QED) is 0.0894. The third kappa shape index (κ3) is 7.79. The lowest BCUT2D eigenvalue weighted by atomic mass is 10.0. The summed E-state index contributed by atoms with van der Waals surface area (Å²) in [5.41, 5.74) is 9.13. The second-order valence-corrected chi connectivity index (χ2v) is 10.4. The van der Waals surface area contributed by atoms with Crippen molar-refractivity contribution in [2.45, 2.75) is 49.9 Å². The van der Waals surface area contributed by atoms with Gasteiger partial charge in [0.15, 0.2) is 0 Å². The van der Waals surface area contributed by atoms with Crippen LogP contribution in [-0.2, 0) is 36.8 Å². The molecule has 2 aromatic carbocycles. The molecule has 4 atom stereocenters. The number of nitrogens with one attached hydrogen (secondary N) is 5. The van der Waals surface area contributed by atoms with E-state index in [0.717, 1.165) is 27.4 Å². The minimum absolute atomic E-state index is 0.0890. The van der Waals surface area contributed by atoms with Crippen molar-refractivity contribution >= 4 is 51.5 Å². The molecule has 44 heavy (non-hydrogen) atoms. The first-order valence-corrected chi connectivity index (χ1v) is 13.9. The maximum Gasteiger partial charge on any atom is 0.326 e. The van der Waals surface area contributed by atoms with Crippen LogP contribution in [0.25, 0.3) is 21.8 Å². The van der Waals surface area contributed by atoms with Gasteiger partial charge >= 0.3 is 11.9 Å². The van der Waals surface area contributed by atoms with Crippen LogP contribution in [0.3, 0.4) is 0 Å². The molecule has 0 aliphatic rings. The zero-order valence-electron chi connectivity index (χ0n) is 23.6. The van der Waals surface area contributed by atoms with Gasteiger partial charge < -0.3 is 47.0 Å². The minimum Gasteiger partial charge on any atom is -0.481 e. The van der Waals surface area contributed by atoms with Crippen LogP contribution in [-0.4, -0.2) is 85.7 Å². The van der Waals surface area contributed by atoms with Crippen molar-refractivity contribution < 1.29 is 39.3 Å². The van der Waals surface area contributed by atoms with Crippen molar-refractivity contribution in [3.8, 4) is 0 Å². The lowest BCUT2D eigenvalue weighted by molar-refractivity contribution is -0.143. The molecule has 0 spiro atoms. The van der Waals surface area contributed by atoms with Crippen molar-refractivity contribution in [2.24, 2.45) is 5.73 Å². The lowest BCUT2D eigenvalue weighted by Gasteiger charge is -2.24. The molecule has 232 valence electrons. The molecular weight excluding hydrogens is 572 g/mol. The number of hydrogen-bond acceptors (Lipinski definition) is 7. The van der Waals surface area contributed by atoms with Crippen LogP contribution in [0.2, 0.25) is 0 Å². The van der Waals surface area contributed by atoms with E-state index in [0.29, 0.717) is 5.56 Å². The second-order valence-electron chi connectivity index (χ2n) is 10.4. The van der Waals surface area contributed by atoms with Crippen molar-refractivity contribution in [2.75, 3.05) is 6.61 Å². The predicted molar refractivity (Wildman–Crippen MR) is 159 cm³/mol. The van der Waals surface area contributed by atoms with E-state index in [1.54, 1.807) is 24.5 Å². The zero-order valence-corrected chi connectivity index (χ0v) is 23.6. The largest absolute Gasteiger partial charge is 0.481 e. The molecule has 0 aliphatic carbocycles. The third-order valence-electron chi connectivity index (χ3n) is 7.26. The van der Waals surface area contributed by atoms with E-state index in [1.165, 1.54) is 0 Å². The Labute approximate surface area is 251 Å². The van der Waals surface area contributed by atoms with Gasteiger partial charge in [-0.05, 0) is 36.1 Å². The molecule has 2 aromatic heterocycles. The number of carbonyl (C=O) groups is 5. The molecule has 4 unspecified atom stereocenters. The topological polar surface area (TPSA) is 240 Å². The van der Waals surface area contributed by atoms with Gasteiger partial charge in [-0.2, -0.15) is 0 Å². The Kier molecular flexibility index (Phi) is 10.3. The fourth-order valence-corrected chi connectivity index (χ4v) is 4.90. The highest BCUT2D eigenvalue weighted by Crippen LogP contribution is 2.20. The first-order chi connectivity index (χ1) is 21.1. The monoisotopic (exact) mass is 606 g/mol. The van der Waals surface area contributed by atoms with Gasteiger partial charge in [-0.1, -0.05) is 36.4 Å². The molecule has 4 aromatic rings. The van der Waals surface area contributed by atoms with Gasteiger partial charge in [-0.15, -0.1) is 0 Å². The number of aromatic nitrogens is 2. The van der Waals surface area contributed by atoms with E-state index in [9.17, 15) is 39.3 Å². The molecule has 10 N–H and O–H groups in total. The Hall–Kier alpha value is -5.21. The van der Waals surface area contributed by atoms with E-state index in [2.05, 4.69) is 25.9 Å². The molecule has 14 nitrogen and oxygen atoms in total. The summed E-state index contributed by atoms with van der Waals surface area (Å²) in [6, 6.07) is 9.18. The molecule has 0 radical (unpaired) electrons. The molecule has 14 heteroatoms. The van der Waals surface area contributed by atoms with Crippen molar-refractivity contribution in [3.63, 3.8) is 0 Å². The van der Waals surface area contributed by atoms with Gasteiger partial charge in [0.05, 0.1) is 12.6 Å². The number of hydrogen-bond donors (Lipinski definition) is 9. The molecule has 2 heterocycles. The number of aliphatic carboxylic acids is 2. The van der Waals surface area contributed by atoms with Crippen LogP contribution >= 0.6 is 0 Å². The van der Waals surface area contributed by atoms with E-state index < -0.39 is 66.9 Å². The number of benzene rings is 2. The van der Waals surface area contributed by atoms with Crippen LogP contribution in [0.15, 0.2) is 60.9 Å². The van der Waals surface area contributed by atoms with Crippen LogP contribution in [0.4, 0.5) is 0 Å². The Bertz CT molecular complexity index is 1660. The summed E-state index contributed by atoms with van der Waals surface area (Å²) in [4.78, 5) is 68.4. The fraction of sp³-hybridized carbons (Fsp3) is 0.300. The first kappa shape index (κ1) is 31.7. The number of aromatic amines is 2. The van der Waals surface area contributed by atoms with Gasteiger partial charge in [-0.25, -0.2) is 4.79 Å². The smallest absolute Gasteiger partial charge is 0.326 e. The van der Waals surface area contributed by atoms with Crippen molar-refractivity contribution in [1.82, 2.24) is 25.9 Å². The highest BCUT2D eigenvalue weighted by Gasteiger charge is 2.31. The van der Waals surface area contributed by atoms with Crippen LogP contribution in [0.1, 0.15) is 24.0 Å². The SMILES string of the molecule is NC(Cc1c[nH]c2ccccc12)C(=O)NC(CO)C(=O)NC(CCC(=O)O)C(=O)NC(Cc1c[nH]c2ccccc12)C(=O)O. The third-order valence-corrected chi connectivity index (χ3v) is 7.26. The standard InChI is InChI=1S/C30H34N6O8/c31-20(11-16-13-32-21-7-3-1-5-18(16)21)27(40)36-25(15-37)29(42)34-23(9-10-26(38)39)28(41)35-24(30(43)44)12-17-14-33-22-8-4-2-6-19(17)22/h1-8,13-14,20,23-25,32-33,37H,9-12,15,31H2,(H,34,42)(H,35,41)(H,36,40)(H,38,39)(H,43,44). The van der Waals surface area contributed by atoms with Gasteiger partial charge in [0.2, 0.25) is 17.7 Å². The van der Waals surface area contributed by atoms with E-state index in [1.807, 2.05) is 36.4 Å². The first-order valence-electron chi connectivity index (χ1n) is 13.9. The molecule has 0 saturated carbocycles. The van der Waals surface area contributed by atoms with Gasteiger partial charge in [0.1, 0.15) is 18.1 Å². The van der Waals surface area contributed by atoms with Crippen molar-refractivity contribution in [3.05, 3.63) is 72.1 Å². The van der Waals surface area contributed by atoms with Crippen molar-refractivity contribution in [1.29, 1.82) is 0 Å². The Morgan fingerprint density at radius 3 is 1.75 bits per heavy atom. The molecule has 3 amide bonds. The number of para-hydroxylation sites is 2. The zero-order chi connectivity index (χ0) is 31.8. The second kappa shape index (κ2) is 14.3. The normalized spacial score (nSPS) is 14.0. The summed E-state index contributed by atoms with van der Waals surface area (Å²) in [5.74, 6) is -5.24. The average molecular weight is 607 g/mol.